The molecule has 3 rings (SSSR count). The lowest BCUT2D eigenvalue weighted by molar-refractivity contribution is 0.0600. The van der Waals surface area contributed by atoms with Crippen molar-refractivity contribution >= 4 is 28.9 Å². The third-order valence-electron chi connectivity index (χ3n) is 4.54. The summed E-state index contributed by atoms with van der Waals surface area (Å²) in [5.41, 5.74) is 5.04. The van der Waals surface area contributed by atoms with Gasteiger partial charge in [-0.3, -0.25) is 9.78 Å². The number of amides is 1. The topological polar surface area (TPSA) is 80.3 Å². The molecule has 0 fully saturated rings. The zero-order chi connectivity index (χ0) is 20.8. The summed E-state index contributed by atoms with van der Waals surface area (Å²) in [5, 5.41) is 6.17. The summed E-state index contributed by atoms with van der Waals surface area (Å²) in [6.07, 6.45) is 2.39. The van der Waals surface area contributed by atoms with Crippen LogP contribution in [0.4, 0.5) is 17.1 Å². The number of aromatic nitrogens is 1. The molecule has 6 nitrogen and oxygen atoms in total. The highest BCUT2D eigenvalue weighted by molar-refractivity contribution is 6.04. The average Bonchev–Trinajstić information content (AvgIpc) is 2.74. The summed E-state index contributed by atoms with van der Waals surface area (Å²) in [6.45, 7) is 4.02. The molecule has 1 aromatic heterocycles. The summed E-state index contributed by atoms with van der Waals surface area (Å²) in [4.78, 5) is 28.7. The van der Waals surface area contributed by atoms with E-state index in [0.29, 0.717) is 22.6 Å². The Morgan fingerprint density at radius 3 is 2.55 bits per heavy atom. The van der Waals surface area contributed by atoms with Gasteiger partial charge in [-0.25, -0.2) is 4.79 Å². The number of hydrogen-bond donors (Lipinski definition) is 2. The van der Waals surface area contributed by atoms with Crippen LogP contribution in [-0.4, -0.2) is 24.0 Å². The number of carbonyl (C=O) groups excluding carboxylic acids is 2. The molecule has 0 spiro atoms. The molecule has 0 aliphatic carbocycles. The predicted octanol–water partition coefficient (Wildman–Crippen LogP) is 4.73. The molecule has 2 N–H and O–H groups in total. The number of carbonyl (C=O) groups is 2. The van der Waals surface area contributed by atoms with Gasteiger partial charge >= 0.3 is 5.97 Å². The Bertz CT molecular complexity index is 1050. The van der Waals surface area contributed by atoms with Crippen LogP contribution in [0.2, 0.25) is 0 Å². The van der Waals surface area contributed by atoms with E-state index in [1.165, 1.54) is 7.11 Å². The van der Waals surface area contributed by atoms with E-state index in [0.717, 1.165) is 23.2 Å². The molecular weight excluding hydrogens is 366 g/mol. The molecule has 0 saturated heterocycles. The van der Waals surface area contributed by atoms with Crippen LogP contribution in [-0.2, 0) is 11.2 Å². The Morgan fingerprint density at radius 1 is 1.03 bits per heavy atom. The fourth-order valence-electron chi connectivity index (χ4n) is 3.02. The first-order valence-electron chi connectivity index (χ1n) is 9.33. The third kappa shape index (κ3) is 4.79. The maximum atomic E-state index is 12.8. The van der Waals surface area contributed by atoms with E-state index < -0.39 is 5.97 Å². The van der Waals surface area contributed by atoms with Gasteiger partial charge in [0.25, 0.3) is 5.91 Å². The monoisotopic (exact) mass is 389 g/mol. The zero-order valence-electron chi connectivity index (χ0n) is 16.7. The maximum absolute atomic E-state index is 12.8. The molecule has 0 bridgehead atoms. The Balaban J connectivity index is 1.80. The minimum atomic E-state index is -0.409. The van der Waals surface area contributed by atoms with Crippen LogP contribution < -0.4 is 10.6 Å². The van der Waals surface area contributed by atoms with E-state index in [1.54, 1.807) is 36.5 Å². The maximum Gasteiger partial charge on any atom is 0.337 e. The number of ether oxygens (including phenoxy) is 1. The van der Waals surface area contributed by atoms with Crippen molar-refractivity contribution in [2.24, 2.45) is 0 Å². The van der Waals surface area contributed by atoms with E-state index in [1.807, 2.05) is 31.2 Å². The van der Waals surface area contributed by atoms with Crippen molar-refractivity contribution in [2.45, 2.75) is 20.3 Å². The van der Waals surface area contributed by atoms with E-state index >= 15 is 0 Å². The summed E-state index contributed by atoms with van der Waals surface area (Å²) in [5.74, 6) is -0.686. The van der Waals surface area contributed by atoms with Crippen molar-refractivity contribution in [1.82, 2.24) is 4.98 Å². The molecule has 2 aromatic carbocycles. The highest BCUT2D eigenvalue weighted by atomic mass is 16.5. The Labute approximate surface area is 169 Å². The number of rotatable bonds is 6. The van der Waals surface area contributed by atoms with Gasteiger partial charge in [0.05, 0.1) is 12.7 Å². The fourth-order valence-corrected chi connectivity index (χ4v) is 3.02. The lowest BCUT2D eigenvalue weighted by atomic mass is 10.1. The molecule has 0 saturated carbocycles. The Morgan fingerprint density at radius 2 is 1.79 bits per heavy atom. The predicted molar refractivity (Wildman–Crippen MR) is 114 cm³/mol. The second-order valence-electron chi connectivity index (χ2n) is 6.54. The van der Waals surface area contributed by atoms with Gasteiger partial charge in [0.15, 0.2) is 0 Å². The van der Waals surface area contributed by atoms with Gasteiger partial charge in [-0.1, -0.05) is 31.2 Å². The minimum absolute atomic E-state index is 0.277. The smallest absolute Gasteiger partial charge is 0.337 e. The van der Waals surface area contributed by atoms with Crippen LogP contribution in [0, 0.1) is 6.92 Å². The quantitative estimate of drug-likeness (QED) is 0.596. The van der Waals surface area contributed by atoms with Gasteiger partial charge in [-0.2, -0.15) is 0 Å². The molecule has 3 aromatic rings. The first-order chi connectivity index (χ1) is 14.0. The van der Waals surface area contributed by atoms with Crippen LogP contribution in [0.3, 0.4) is 0 Å². The highest BCUT2D eigenvalue weighted by Crippen LogP contribution is 2.23. The van der Waals surface area contributed by atoms with Gasteiger partial charge in [0.1, 0.15) is 5.69 Å². The minimum Gasteiger partial charge on any atom is -0.465 e. The number of benzene rings is 2. The number of anilines is 3. The van der Waals surface area contributed by atoms with E-state index in [9.17, 15) is 9.59 Å². The van der Waals surface area contributed by atoms with Crippen molar-refractivity contribution in [3.63, 3.8) is 0 Å². The molecule has 6 heteroatoms. The number of esters is 1. The van der Waals surface area contributed by atoms with Crippen molar-refractivity contribution in [3.8, 4) is 0 Å². The zero-order valence-corrected chi connectivity index (χ0v) is 16.7. The second kappa shape index (κ2) is 9.01. The number of hydrogen-bond acceptors (Lipinski definition) is 5. The standard InChI is InChI=1S/C23H23N3O3/c1-4-16-8-5-7-15(2)21(16)26-22(27)20-14-19(11-12-24-20)25-18-10-6-9-17(13-18)23(28)29-3/h5-14H,4H2,1-3H3,(H,24,25)(H,26,27). The molecule has 0 unspecified atom stereocenters. The second-order valence-corrected chi connectivity index (χ2v) is 6.54. The van der Waals surface area contributed by atoms with Crippen LogP contribution in [0.5, 0.6) is 0 Å². The van der Waals surface area contributed by atoms with Gasteiger partial charge in [0.2, 0.25) is 0 Å². The molecule has 0 aliphatic rings. The van der Waals surface area contributed by atoms with E-state index in [4.69, 9.17) is 4.74 Å². The van der Waals surface area contributed by atoms with Crippen LogP contribution >= 0.6 is 0 Å². The van der Waals surface area contributed by atoms with Crippen molar-refractivity contribution in [2.75, 3.05) is 17.7 Å². The summed E-state index contributed by atoms with van der Waals surface area (Å²) < 4.78 is 4.75. The number of aryl methyl sites for hydroxylation is 2. The first kappa shape index (κ1) is 20.1. The van der Waals surface area contributed by atoms with Crippen LogP contribution in [0.25, 0.3) is 0 Å². The van der Waals surface area contributed by atoms with Gasteiger partial charge in [-0.05, 0) is 54.8 Å². The van der Waals surface area contributed by atoms with Crippen molar-refractivity contribution in [1.29, 1.82) is 0 Å². The number of nitrogens with one attached hydrogen (secondary N) is 2. The van der Waals surface area contributed by atoms with Gasteiger partial charge in [0, 0.05) is 23.3 Å². The highest BCUT2D eigenvalue weighted by Gasteiger charge is 2.13. The molecule has 29 heavy (non-hydrogen) atoms. The normalized spacial score (nSPS) is 10.3. The van der Waals surface area contributed by atoms with E-state index in [-0.39, 0.29) is 5.91 Å². The molecule has 1 heterocycles. The van der Waals surface area contributed by atoms with Crippen molar-refractivity contribution < 1.29 is 14.3 Å². The fraction of sp³-hybridized carbons (Fsp3) is 0.174. The molecule has 0 atom stereocenters. The van der Waals surface area contributed by atoms with Gasteiger partial charge < -0.3 is 15.4 Å². The molecule has 148 valence electrons. The van der Waals surface area contributed by atoms with Crippen LogP contribution in [0.1, 0.15) is 38.9 Å². The molecule has 0 aliphatic heterocycles. The van der Waals surface area contributed by atoms with E-state index in [2.05, 4.69) is 22.5 Å². The number of nitrogens with zero attached hydrogens (tertiary/aromatic N) is 1. The summed E-state index contributed by atoms with van der Waals surface area (Å²) in [7, 11) is 1.34. The summed E-state index contributed by atoms with van der Waals surface area (Å²) in [6, 6.07) is 16.3. The first-order valence-corrected chi connectivity index (χ1v) is 9.33. The Hall–Kier alpha value is -3.67. The van der Waals surface area contributed by atoms with Crippen molar-refractivity contribution in [3.05, 3.63) is 83.2 Å². The lowest BCUT2D eigenvalue weighted by Crippen LogP contribution is -2.16. The Kier molecular flexibility index (Phi) is 6.24. The molecule has 0 radical (unpaired) electrons. The van der Waals surface area contributed by atoms with Crippen LogP contribution in [0.15, 0.2) is 60.8 Å². The lowest BCUT2D eigenvalue weighted by Gasteiger charge is -2.13. The molecule has 1 amide bonds. The van der Waals surface area contributed by atoms with Gasteiger partial charge in [-0.15, -0.1) is 0 Å². The summed E-state index contributed by atoms with van der Waals surface area (Å²) >= 11 is 0. The number of para-hydroxylation sites is 1. The average molecular weight is 389 g/mol. The number of methoxy groups -OCH3 is 1. The SMILES string of the molecule is CCc1cccc(C)c1NC(=O)c1cc(Nc2cccc(C(=O)OC)c2)ccn1. The third-order valence-corrected chi connectivity index (χ3v) is 4.54. The molecular formula is C23H23N3O3. The number of pyridine rings is 1. The largest absolute Gasteiger partial charge is 0.465 e.